The van der Waals surface area contributed by atoms with Crippen LogP contribution in [0.1, 0.15) is 22.0 Å². The topological polar surface area (TPSA) is 129 Å². The predicted molar refractivity (Wildman–Crippen MR) is 81.4 cm³/mol. The van der Waals surface area contributed by atoms with E-state index in [0.29, 0.717) is 17.7 Å². The molecule has 22 heavy (non-hydrogen) atoms. The van der Waals surface area contributed by atoms with Gasteiger partial charge in [0.15, 0.2) is 11.5 Å². The number of amides is 1. The second-order valence-corrected chi connectivity index (χ2v) is 4.43. The number of hydrogen-bond acceptors (Lipinski definition) is 6. The Bertz CT molecular complexity index is 605. The van der Waals surface area contributed by atoms with Crippen molar-refractivity contribution in [3.8, 4) is 11.5 Å². The summed E-state index contributed by atoms with van der Waals surface area (Å²) in [6.07, 6.45) is 2.35. The third-order valence-electron chi connectivity index (χ3n) is 2.73. The number of phenols is 2. The van der Waals surface area contributed by atoms with Crippen LogP contribution in [0.15, 0.2) is 42.7 Å². The highest BCUT2D eigenvalue weighted by Gasteiger charge is 2.08. The standard InChI is InChI=1S/C9H13NO3.C6H6N2O/c1-10-5-9(13)6-2-3-7(11)8(12)4-6;7-6(9)5-2-1-3-8-4-5/h2-4,9-13H,5H2,1H3;1-4H,(H2,7,9)/t9-;/m0./s1. The Labute approximate surface area is 128 Å². The zero-order valence-corrected chi connectivity index (χ0v) is 12.1. The lowest BCUT2D eigenvalue weighted by Gasteiger charge is -2.10. The van der Waals surface area contributed by atoms with Gasteiger partial charge in [0.05, 0.1) is 11.7 Å². The Morgan fingerprint density at radius 3 is 2.50 bits per heavy atom. The van der Waals surface area contributed by atoms with Crippen LogP contribution in [0, 0.1) is 0 Å². The van der Waals surface area contributed by atoms with Crippen molar-refractivity contribution in [3.05, 3.63) is 53.9 Å². The van der Waals surface area contributed by atoms with Gasteiger partial charge in [-0.2, -0.15) is 0 Å². The van der Waals surface area contributed by atoms with Crippen molar-refractivity contribution in [2.24, 2.45) is 5.73 Å². The molecule has 2 aromatic rings. The highest BCUT2D eigenvalue weighted by molar-refractivity contribution is 5.92. The molecule has 0 aliphatic rings. The van der Waals surface area contributed by atoms with Gasteiger partial charge in [-0.25, -0.2) is 0 Å². The van der Waals surface area contributed by atoms with E-state index in [-0.39, 0.29) is 11.5 Å². The molecule has 0 aliphatic carbocycles. The summed E-state index contributed by atoms with van der Waals surface area (Å²) in [5.74, 6) is -0.837. The van der Waals surface area contributed by atoms with Gasteiger partial charge in [-0.15, -0.1) is 0 Å². The Balaban J connectivity index is 0.000000235. The van der Waals surface area contributed by atoms with Crippen LogP contribution in [0.4, 0.5) is 0 Å². The molecule has 0 spiro atoms. The molecule has 0 bridgehead atoms. The van der Waals surface area contributed by atoms with Gasteiger partial charge in [-0.3, -0.25) is 9.78 Å². The van der Waals surface area contributed by atoms with Crippen molar-refractivity contribution in [1.29, 1.82) is 0 Å². The van der Waals surface area contributed by atoms with E-state index in [0.717, 1.165) is 0 Å². The van der Waals surface area contributed by atoms with Crippen molar-refractivity contribution in [1.82, 2.24) is 10.3 Å². The maximum absolute atomic E-state index is 10.4. The molecule has 6 N–H and O–H groups in total. The number of aliphatic hydroxyl groups excluding tert-OH is 1. The molecular weight excluding hydrogens is 286 g/mol. The molecular formula is C15H19N3O4. The number of nitrogens with two attached hydrogens (primary N) is 1. The van der Waals surface area contributed by atoms with Crippen LogP contribution in [0.5, 0.6) is 11.5 Å². The lowest BCUT2D eigenvalue weighted by atomic mass is 10.1. The van der Waals surface area contributed by atoms with E-state index in [1.54, 1.807) is 31.4 Å². The number of carbonyl (C=O) groups excluding carboxylic acids is 1. The molecule has 7 nitrogen and oxygen atoms in total. The monoisotopic (exact) mass is 305 g/mol. The van der Waals surface area contributed by atoms with Crippen molar-refractivity contribution < 1.29 is 20.1 Å². The third kappa shape index (κ3) is 5.39. The predicted octanol–water partition coefficient (Wildman–Crippen LogP) is 0.531. The van der Waals surface area contributed by atoms with Crippen LogP contribution in [0.2, 0.25) is 0 Å². The molecule has 7 heteroatoms. The van der Waals surface area contributed by atoms with Crippen molar-refractivity contribution in [2.75, 3.05) is 13.6 Å². The van der Waals surface area contributed by atoms with E-state index in [9.17, 15) is 9.90 Å². The van der Waals surface area contributed by atoms with Crippen LogP contribution in [0.25, 0.3) is 0 Å². The van der Waals surface area contributed by atoms with Crippen LogP contribution in [-0.4, -0.2) is 39.8 Å². The van der Waals surface area contributed by atoms with E-state index in [4.69, 9.17) is 15.9 Å². The van der Waals surface area contributed by atoms with Crippen molar-refractivity contribution in [2.45, 2.75) is 6.10 Å². The minimum atomic E-state index is -0.670. The van der Waals surface area contributed by atoms with E-state index in [2.05, 4.69) is 10.3 Å². The first-order chi connectivity index (χ1) is 10.5. The Morgan fingerprint density at radius 1 is 1.32 bits per heavy atom. The molecule has 1 aromatic heterocycles. The number of likely N-dealkylation sites (N-methyl/N-ethyl adjacent to an activating group) is 1. The molecule has 0 saturated heterocycles. The smallest absolute Gasteiger partial charge is 0.250 e. The fraction of sp³-hybridized carbons (Fsp3) is 0.200. The summed E-state index contributed by atoms with van der Waals surface area (Å²) in [6.45, 7) is 0.407. The molecule has 0 fully saturated rings. The van der Waals surface area contributed by atoms with Gasteiger partial charge < -0.3 is 26.4 Å². The Hall–Kier alpha value is -2.64. The number of aliphatic hydroxyl groups is 1. The van der Waals surface area contributed by atoms with E-state index in [1.165, 1.54) is 18.3 Å². The molecule has 2 rings (SSSR count). The van der Waals surface area contributed by atoms with E-state index < -0.39 is 12.0 Å². The largest absolute Gasteiger partial charge is 0.504 e. The number of benzene rings is 1. The lowest BCUT2D eigenvalue weighted by Crippen LogP contribution is -2.16. The van der Waals surface area contributed by atoms with Crippen LogP contribution in [-0.2, 0) is 0 Å². The number of primary amides is 1. The Morgan fingerprint density at radius 2 is 2.05 bits per heavy atom. The second-order valence-electron chi connectivity index (χ2n) is 4.43. The molecule has 0 unspecified atom stereocenters. The molecule has 0 aliphatic heterocycles. The lowest BCUT2D eigenvalue weighted by molar-refractivity contribution is 0.1000. The fourth-order valence-electron chi connectivity index (χ4n) is 1.57. The average Bonchev–Trinajstić information content (AvgIpc) is 2.51. The van der Waals surface area contributed by atoms with Gasteiger partial charge in [-0.05, 0) is 36.9 Å². The fourth-order valence-corrected chi connectivity index (χ4v) is 1.57. The zero-order valence-electron chi connectivity index (χ0n) is 12.1. The first-order valence-electron chi connectivity index (χ1n) is 6.50. The normalized spacial score (nSPS) is 11.2. The first-order valence-corrected chi connectivity index (χ1v) is 6.50. The summed E-state index contributed by atoms with van der Waals surface area (Å²) >= 11 is 0. The van der Waals surface area contributed by atoms with Crippen LogP contribution < -0.4 is 11.1 Å². The SMILES string of the molecule is CNC[C@H](O)c1ccc(O)c(O)c1.NC(=O)c1cccnc1. The molecule has 0 saturated carbocycles. The zero-order chi connectivity index (χ0) is 16.5. The molecule has 118 valence electrons. The highest BCUT2D eigenvalue weighted by atomic mass is 16.3. The first kappa shape index (κ1) is 17.4. The van der Waals surface area contributed by atoms with E-state index >= 15 is 0 Å². The van der Waals surface area contributed by atoms with Crippen LogP contribution >= 0.6 is 0 Å². The number of aromatic nitrogens is 1. The molecule has 1 heterocycles. The number of nitrogens with one attached hydrogen (secondary N) is 1. The number of nitrogens with zero attached hydrogens (tertiary/aromatic N) is 1. The maximum atomic E-state index is 10.4. The van der Waals surface area contributed by atoms with Crippen molar-refractivity contribution >= 4 is 5.91 Å². The summed E-state index contributed by atoms with van der Waals surface area (Å²) in [4.78, 5) is 14.1. The molecule has 1 atom stereocenters. The summed E-state index contributed by atoms with van der Waals surface area (Å²) in [5, 5.41) is 30.4. The van der Waals surface area contributed by atoms with Gasteiger partial charge in [-0.1, -0.05) is 6.07 Å². The van der Waals surface area contributed by atoms with Crippen molar-refractivity contribution in [3.63, 3.8) is 0 Å². The minimum Gasteiger partial charge on any atom is -0.504 e. The molecule has 1 aromatic carbocycles. The Kier molecular flexibility index (Phi) is 6.81. The number of pyridine rings is 1. The summed E-state index contributed by atoms with van der Waals surface area (Å²) in [6, 6.07) is 7.55. The molecule has 1 amide bonds. The summed E-state index contributed by atoms with van der Waals surface area (Å²) < 4.78 is 0. The third-order valence-corrected chi connectivity index (χ3v) is 2.73. The summed E-state index contributed by atoms with van der Waals surface area (Å²) in [5.41, 5.74) is 5.95. The average molecular weight is 305 g/mol. The second kappa shape index (κ2) is 8.60. The quantitative estimate of drug-likeness (QED) is 0.524. The number of carbonyl (C=O) groups is 1. The van der Waals surface area contributed by atoms with E-state index in [1.807, 2.05) is 0 Å². The van der Waals surface area contributed by atoms with Crippen LogP contribution in [0.3, 0.4) is 0 Å². The van der Waals surface area contributed by atoms with Gasteiger partial charge >= 0.3 is 0 Å². The van der Waals surface area contributed by atoms with Gasteiger partial charge in [0.25, 0.3) is 0 Å². The van der Waals surface area contributed by atoms with Gasteiger partial charge in [0.1, 0.15) is 0 Å². The highest BCUT2D eigenvalue weighted by Crippen LogP contribution is 2.27. The summed E-state index contributed by atoms with van der Waals surface area (Å²) in [7, 11) is 1.73. The number of aromatic hydroxyl groups is 2. The van der Waals surface area contributed by atoms with Gasteiger partial charge in [0, 0.05) is 18.9 Å². The number of phenolic OH excluding ortho intramolecular Hbond substituents is 2. The molecule has 0 radical (unpaired) electrons. The number of rotatable bonds is 4. The number of hydrogen-bond donors (Lipinski definition) is 5. The van der Waals surface area contributed by atoms with Gasteiger partial charge in [0.2, 0.25) is 5.91 Å². The minimum absolute atomic E-state index is 0.180. The maximum Gasteiger partial charge on any atom is 0.250 e.